The van der Waals surface area contributed by atoms with Gasteiger partial charge >= 0.3 is 0 Å². The maximum absolute atomic E-state index is 13.0. The zero-order valence-electron chi connectivity index (χ0n) is 14.2. The van der Waals surface area contributed by atoms with Crippen LogP contribution < -0.4 is 5.32 Å². The molecule has 1 N–H and O–H groups in total. The van der Waals surface area contributed by atoms with Gasteiger partial charge in [0.1, 0.15) is 0 Å². The smallest absolute Gasteiger partial charge is 0.242 e. The van der Waals surface area contributed by atoms with Crippen molar-refractivity contribution in [2.75, 3.05) is 32.7 Å². The van der Waals surface area contributed by atoms with Gasteiger partial charge in [-0.1, -0.05) is 24.3 Å². The van der Waals surface area contributed by atoms with E-state index in [1.54, 1.807) is 4.90 Å². The minimum absolute atomic E-state index is 0.105. The molecule has 0 radical (unpaired) electrons. The van der Waals surface area contributed by atoms with E-state index < -0.39 is 0 Å². The van der Waals surface area contributed by atoms with Crippen molar-refractivity contribution >= 4 is 11.8 Å². The van der Waals surface area contributed by atoms with E-state index in [-0.39, 0.29) is 24.4 Å². The molecule has 5 heteroatoms. The summed E-state index contributed by atoms with van der Waals surface area (Å²) in [7, 11) is 0. The highest BCUT2D eigenvalue weighted by Crippen LogP contribution is 2.43. The van der Waals surface area contributed by atoms with E-state index in [1.807, 2.05) is 11.0 Å². The lowest BCUT2D eigenvalue weighted by molar-refractivity contribution is -0.139. The minimum atomic E-state index is 0.105. The summed E-state index contributed by atoms with van der Waals surface area (Å²) >= 11 is 0. The summed E-state index contributed by atoms with van der Waals surface area (Å²) in [6.45, 7) is 5.85. The fraction of sp³-hybridized carbons (Fsp3) is 0.579. The zero-order chi connectivity index (χ0) is 16.7. The van der Waals surface area contributed by atoms with E-state index >= 15 is 0 Å². The van der Waals surface area contributed by atoms with Crippen LogP contribution in [0.25, 0.3) is 0 Å². The van der Waals surface area contributed by atoms with E-state index in [0.29, 0.717) is 18.3 Å². The molecule has 3 aliphatic heterocycles. The molecule has 0 unspecified atom stereocenters. The van der Waals surface area contributed by atoms with Gasteiger partial charge in [0, 0.05) is 38.5 Å². The van der Waals surface area contributed by atoms with Crippen molar-refractivity contribution in [3.05, 3.63) is 35.4 Å². The summed E-state index contributed by atoms with van der Waals surface area (Å²) < 4.78 is 0. The molecule has 1 aromatic carbocycles. The molecule has 4 rings (SSSR count). The first-order valence-corrected chi connectivity index (χ1v) is 8.98. The first-order chi connectivity index (χ1) is 11.6. The van der Waals surface area contributed by atoms with Gasteiger partial charge in [-0.25, -0.2) is 0 Å². The normalized spacial score (nSPS) is 29.4. The Labute approximate surface area is 143 Å². The molecule has 0 bridgehead atoms. The molecule has 3 fully saturated rings. The molecule has 3 saturated heterocycles. The number of hydrogen-bond donors (Lipinski definition) is 1. The lowest BCUT2D eigenvalue weighted by atomic mass is 9.87. The fourth-order valence-corrected chi connectivity index (χ4v) is 4.62. The fourth-order valence-electron chi connectivity index (χ4n) is 4.62. The maximum atomic E-state index is 13.0. The zero-order valence-corrected chi connectivity index (χ0v) is 14.2. The van der Waals surface area contributed by atoms with E-state index in [0.717, 1.165) is 32.6 Å². The van der Waals surface area contributed by atoms with Gasteiger partial charge in [-0.15, -0.1) is 0 Å². The molecule has 5 nitrogen and oxygen atoms in total. The number of amides is 2. The summed E-state index contributed by atoms with van der Waals surface area (Å²) in [6.07, 6.45) is 1.46. The van der Waals surface area contributed by atoms with Gasteiger partial charge in [-0.2, -0.15) is 0 Å². The Morgan fingerprint density at radius 2 is 2.12 bits per heavy atom. The van der Waals surface area contributed by atoms with Crippen LogP contribution in [0.5, 0.6) is 0 Å². The van der Waals surface area contributed by atoms with Gasteiger partial charge in [0.2, 0.25) is 11.8 Å². The number of rotatable bonds is 3. The van der Waals surface area contributed by atoms with Gasteiger partial charge in [-0.05, 0) is 30.4 Å². The molecule has 3 heterocycles. The molecule has 24 heavy (non-hydrogen) atoms. The Balaban J connectivity index is 1.59. The van der Waals surface area contributed by atoms with Crippen LogP contribution >= 0.6 is 0 Å². The molecule has 1 aromatic rings. The summed E-state index contributed by atoms with van der Waals surface area (Å²) in [5.41, 5.74) is 2.50. The third kappa shape index (κ3) is 2.61. The minimum Gasteiger partial charge on any atom is -0.333 e. The molecule has 3 atom stereocenters. The highest BCUT2D eigenvalue weighted by Gasteiger charge is 2.47. The standard InChI is InChI=1S/C19H25N3O2/c1-13-5-2-3-6-15(13)19-16-10-20-9-14(16)11-22(19)18(24)12-21-8-4-7-17(21)23/h2-3,5-6,14,16,19-20H,4,7-12H2,1H3/t14-,16-,19+/m0/s1. The number of benzene rings is 1. The number of fused-ring (bicyclic) bond motifs is 1. The van der Waals surface area contributed by atoms with Crippen molar-refractivity contribution < 1.29 is 9.59 Å². The van der Waals surface area contributed by atoms with Crippen LogP contribution in [0.2, 0.25) is 0 Å². The molecular formula is C19H25N3O2. The summed E-state index contributed by atoms with van der Waals surface area (Å²) in [5, 5.41) is 3.48. The monoisotopic (exact) mass is 327 g/mol. The summed E-state index contributed by atoms with van der Waals surface area (Å²) in [6, 6.07) is 8.52. The highest BCUT2D eigenvalue weighted by atomic mass is 16.2. The molecule has 0 aliphatic carbocycles. The van der Waals surface area contributed by atoms with Crippen LogP contribution in [-0.2, 0) is 9.59 Å². The summed E-state index contributed by atoms with van der Waals surface area (Å²) in [5.74, 6) is 1.22. The number of hydrogen-bond acceptors (Lipinski definition) is 3. The Morgan fingerprint density at radius 1 is 1.29 bits per heavy atom. The number of nitrogens with zero attached hydrogens (tertiary/aromatic N) is 2. The van der Waals surface area contributed by atoms with E-state index in [1.165, 1.54) is 11.1 Å². The van der Waals surface area contributed by atoms with Crippen LogP contribution in [0, 0.1) is 18.8 Å². The summed E-state index contributed by atoms with van der Waals surface area (Å²) in [4.78, 5) is 28.6. The second-order valence-corrected chi connectivity index (χ2v) is 7.35. The number of likely N-dealkylation sites (tertiary alicyclic amines) is 2. The Bertz CT molecular complexity index is 660. The molecule has 2 amide bonds. The largest absolute Gasteiger partial charge is 0.333 e. The van der Waals surface area contributed by atoms with E-state index in [9.17, 15) is 9.59 Å². The second kappa shape index (κ2) is 6.20. The van der Waals surface area contributed by atoms with Crippen molar-refractivity contribution in [2.24, 2.45) is 11.8 Å². The highest BCUT2D eigenvalue weighted by molar-refractivity contribution is 5.86. The van der Waals surface area contributed by atoms with E-state index in [4.69, 9.17) is 0 Å². The molecule has 0 aromatic heterocycles. The Morgan fingerprint density at radius 3 is 2.88 bits per heavy atom. The Kier molecular flexibility index (Phi) is 4.04. The molecular weight excluding hydrogens is 302 g/mol. The number of nitrogens with one attached hydrogen (secondary N) is 1. The lowest BCUT2D eigenvalue weighted by Gasteiger charge is -2.31. The number of carbonyl (C=O) groups is 2. The first-order valence-electron chi connectivity index (χ1n) is 8.98. The van der Waals surface area contributed by atoms with Crippen molar-refractivity contribution in [3.63, 3.8) is 0 Å². The SMILES string of the molecule is Cc1ccccc1[C@@H]1[C@H]2CNC[C@H]2CN1C(=O)CN1CCCC1=O. The average molecular weight is 327 g/mol. The lowest BCUT2D eigenvalue weighted by Crippen LogP contribution is -2.42. The predicted molar refractivity (Wildman–Crippen MR) is 91.3 cm³/mol. The third-order valence-electron chi connectivity index (χ3n) is 5.89. The maximum Gasteiger partial charge on any atom is 0.242 e. The molecule has 0 spiro atoms. The van der Waals surface area contributed by atoms with Gasteiger partial charge in [0.25, 0.3) is 0 Å². The van der Waals surface area contributed by atoms with Gasteiger partial charge in [0.15, 0.2) is 0 Å². The van der Waals surface area contributed by atoms with Gasteiger partial charge in [-0.3, -0.25) is 9.59 Å². The van der Waals surface area contributed by atoms with Crippen LogP contribution in [0.15, 0.2) is 24.3 Å². The second-order valence-electron chi connectivity index (χ2n) is 7.35. The van der Waals surface area contributed by atoms with Crippen LogP contribution in [0.1, 0.15) is 30.0 Å². The van der Waals surface area contributed by atoms with Crippen LogP contribution in [0.3, 0.4) is 0 Å². The van der Waals surface area contributed by atoms with Gasteiger partial charge < -0.3 is 15.1 Å². The first kappa shape index (κ1) is 15.6. The molecule has 3 aliphatic rings. The molecule has 128 valence electrons. The van der Waals surface area contributed by atoms with Crippen molar-refractivity contribution in [2.45, 2.75) is 25.8 Å². The van der Waals surface area contributed by atoms with Crippen LogP contribution in [0.4, 0.5) is 0 Å². The number of carbonyl (C=O) groups excluding carboxylic acids is 2. The van der Waals surface area contributed by atoms with E-state index in [2.05, 4.69) is 30.4 Å². The quantitative estimate of drug-likeness (QED) is 0.911. The Hall–Kier alpha value is -1.88. The predicted octanol–water partition coefficient (Wildman–Crippen LogP) is 1.34. The average Bonchev–Trinajstić information content (AvgIpc) is 3.25. The van der Waals surface area contributed by atoms with Crippen molar-refractivity contribution in [1.82, 2.24) is 15.1 Å². The van der Waals surface area contributed by atoms with Crippen molar-refractivity contribution in [1.29, 1.82) is 0 Å². The van der Waals surface area contributed by atoms with Crippen LogP contribution in [-0.4, -0.2) is 54.3 Å². The topological polar surface area (TPSA) is 52.7 Å². The van der Waals surface area contributed by atoms with Gasteiger partial charge in [0.05, 0.1) is 12.6 Å². The molecule has 0 saturated carbocycles. The number of aryl methyl sites for hydroxylation is 1. The van der Waals surface area contributed by atoms with Crippen molar-refractivity contribution in [3.8, 4) is 0 Å². The third-order valence-corrected chi connectivity index (χ3v) is 5.89.